The number of rotatable bonds is 3. The van der Waals surface area contributed by atoms with Crippen LogP contribution in [0.4, 0.5) is 5.82 Å². The molecule has 0 unspecified atom stereocenters. The normalized spacial score (nSPS) is 20.4. The first kappa shape index (κ1) is 12.3. The molecule has 19 heavy (non-hydrogen) atoms. The number of carbonyl (C=O) groups is 1. The molecule has 0 atom stereocenters. The second kappa shape index (κ2) is 5.10. The molecule has 0 aromatic carbocycles. The zero-order chi connectivity index (χ0) is 13.2. The van der Waals surface area contributed by atoms with Gasteiger partial charge in [-0.3, -0.25) is 14.7 Å². The zero-order valence-electron chi connectivity index (χ0n) is 10.7. The molecule has 1 saturated heterocycles. The van der Waals surface area contributed by atoms with E-state index in [0.717, 1.165) is 32.2 Å². The third kappa shape index (κ3) is 2.66. The van der Waals surface area contributed by atoms with Gasteiger partial charge in [-0.2, -0.15) is 0 Å². The predicted octanol–water partition coefficient (Wildman–Crippen LogP) is -0.318. The van der Waals surface area contributed by atoms with Crippen molar-refractivity contribution in [3.8, 4) is 0 Å². The molecule has 0 spiro atoms. The molecule has 3 N–H and O–H groups in total. The van der Waals surface area contributed by atoms with Gasteiger partial charge < -0.3 is 10.3 Å². The van der Waals surface area contributed by atoms with Crippen LogP contribution in [0.1, 0.15) is 23.3 Å². The van der Waals surface area contributed by atoms with Crippen molar-refractivity contribution in [1.82, 2.24) is 19.8 Å². The smallest absolute Gasteiger partial charge is 0.274 e. The number of hydrazine groups is 1. The highest BCUT2D eigenvalue weighted by Crippen LogP contribution is 2.27. The van der Waals surface area contributed by atoms with E-state index >= 15 is 0 Å². The molecule has 7 nitrogen and oxygen atoms in total. The molecule has 3 rings (SSSR count). The van der Waals surface area contributed by atoms with Crippen LogP contribution < -0.4 is 11.3 Å². The second-order valence-electron chi connectivity index (χ2n) is 4.99. The van der Waals surface area contributed by atoms with Crippen LogP contribution in [0.25, 0.3) is 0 Å². The van der Waals surface area contributed by atoms with Crippen molar-refractivity contribution in [2.24, 2.45) is 5.84 Å². The van der Waals surface area contributed by atoms with Gasteiger partial charge in [-0.05, 0) is 12.8 Å². The molecular weight excluding hydrogens is 244 g/mol. The molecule has 7 heteroatoms. The lowest BCUT2D eigenvalue weighted by Gasteiger charge is -2.34. The van der Waals surface area contributed by atoms with Crippen LogP contribution in [0.2, 0.25) is 0 Å². The Balaban J connectivity index is 1.63. The molecule has 1 aromatic rings. The number of aromatic nitrogens is 2. The molecule has 0 radical (unpaired) electrons. The van der Waals surface area contributed by atoms with Gasteiger partial charge in [0.1, 0.15) is 5.69 Å². The number of hydrogen-bond donors (Lipinski definition) is 2. The lowest BCUT2D eigenvalue weighted by molar-refractivity contribution is 0.0621. The number of nitrogens with two attached hydrogens (primary N) is 1. The van der Waals surface area contributed by atoms with E-state index in [1.165, 1.54) is 25.2 Å². The first-order valence-electron chi connectivity index (χ1n) is 6.60. The lowest BCUT2D eigenvalue weighted by atomic mass is 10.2. The molecule has 1 aliphatic heterocycles. The van der Waals surface area contributed by atoms with Crippen LogP contribution in [0.15, 0.2) is 12.4 Å². The van der Waals surface area contributed by atoms with Gasteiger partial charge in [0.2, 0.25) is 0 Å². The van der Waals surface area contributed by atoms with Gasteiger partial charge >= 0.3 is 0 Å². The summed E-state index contributed by atoms with van der Waals surface area (Å²) in [4.78, 5) is 24.7. The molecule has 2 heterocycles. The summed E-state index contributed by atoms with van der Waals surface area (Å²) < 4.78 is 0. The molecule has 0 bridgehead atoms. The monoisotopic (exact) mass is 262 g/mol. The number of nitrogen functional groups attached to an aromatic ring is 1. The summed E-state index contributed by atoms with van der Waals surface area (Å²) in [5, 5.41) is 0. The highest BCUT2D eigenvalue weighted by molar-refractivity contribution is 5.92. The number of amides is 1. The van der Waals surface area contributed by atoms with Crippen molar-refractivity contribution >= 4 is 11.7 Å². The maximum atomic E-state index is 12.3. The minimum Gasteiger partial charge on any atom is -0.335 e. The number of nitrogens with zero attached hydrogens (tertiary/aromatic N) is 4. The van der Waals surface area contributed by atoms with Gasteiger partial charge in [-0.25, -0.2) is 10.8 Å². The summed E-state index contributed by atoms with van der Waals surface area (Å²) in [6.45, 7) is 3.44. The third-order valence-electron chi connectivity index (χ3n) is 3.67. The van der Waals surface area contributed by atoms with Crippen LogP contribution in [0.5, 0.6) is 0 Å². The Hall–Kier alpha value is -1.73. The summed E-state index contributed by atoms with van der Waals surface area (Å²) in [5.41, 5.74) is 2.75. The van der Waals surface area contributed by atoms with Crippen molar-refractivity contribution in [3.63, 3.8) is 0 Å². The van der Waals surface area contributed by atoms with E-state index in [4.69, 9.17) is 5.84 Å². The quantitative estimate of drug-likeness (QED) is 0.573. The lowest BCUT2D eigenvalue weighted by Crippen LogP contribution is -2.49. The average molecular weight is 262 g/mol. The standard InChI is InChI=1S/C12H18N6O/c13-16-11-8-14-7-10(15-11)12(19)18-5-3-17(4-6-18)9-1-2-9/h7-9H,1-6,13H2,(H,15,16). The van der Waals surface area contributed by atoms with Gasteiger partial charge in [0.15, 0.2) is 5.82 Å². The molecular formula is C12H18N6O. The predicted molar refractivity (Wildman–Crippen MR) is 70.3 cm³/mol. The first-order valence-corrected chi connectivity index (χ1v) is 6.60. The summed E-state index contributed by atoms with van der Waals surface area (Å²) in [5.74, 6) is 5.61. The second-order valence-corrected chi connectivity index (χ2v) is 4.99. The van der Waals surface area contributed by atoms with Gasteiger partial charge in [0.05, 0.1) is 12.4 Å². The Labute approximate surface area is 111 Å². The number of carbonyl (C=O) groups excluding carboxylic acids is 1. The molecule has 1 saturated carbocycles. The van der Waals surface area contributed by atoms with Crippen molar-refractivity contribution < 1.29 is 4.79 Å². The van der Waals surface area contributed by atoms with E-state index in [1.54, 1.807) is 0 Å². The van der Waals surface area contributed by atoms with E-state index in [1.807, 2.05) is 4.90 Å². The van der Waals surface area contributed by atoms with Gasteiger partial charge in [-0.15, -0.1) is 0 Å². The highest BCUT2D eigenvalue weighted by Gasteiger charge is 2.32. The molecule has 1 aromatic heterocycles. The van der Waals surface area contributed by atoms with E-state index in [-0.39, 0.29) is 5.91 Å². The van der Waals surface area contributed by atoms with E-state index < -0.39 is 0 Å². The summed E-state index contributed by atoms with van der Waals surface area (Å²) >= 11 is 0. The largest absolute Gasteiger partial charge is 0.335 e. The third-order valence-corrected chi connectivity index (χ3v) is 3.67. The topological polar surface area (TPSA) is 87.4 Å². The van der Waals surface area contributed by atoms with Crippen molar-refractivity contribution in [2.45, 2.75) is 18.9 Å². The van der Waals surface area contributed by atoms with E-state index in [9.17, 15) is 4.79 Å². The molecule has 1 amide bonds. The molecule has 102 valence electrons. The fourth-order valence-electron chi connectivity index (χ4n) is 2.43. The number of nitrogens with one attached hydrogen (secondary N) is 1. The minimum atomic E-state index is -0.0694. The maximum Gasteiger partial charge on any atom is 0.274 e. The van der Waals surface area contributed by atoms with Gasteiger partial charge in [-0.1, -0.05) is 0 Å². The first-order chi connectivity index (χ1) is 9.28. The minimum absolute atomic E-state index is 0.0694. The SMILES string of the molecule is NNc1cncc(C(=O)N2CCN(C3CC3)CC2)n1. The van der Waals surface area contributed by atoms with Crippen LogP contribution in [-0.4, -0.2) is 57.9 Å². The Morgan fingerprint density at radius 2 is 2.00 bits per heavy atom. The number of hydrogen-bond acceptors (Lipinski definition) is 6. The van der Waals surface area contributed by atoms with Crippen LogP contribution in [0, 0.1) is 0 Å². The molecule has 2 aliphatic rings. The average Bonchev–Trinajstić information content (AvgIpc) is 3.31. The van der Waals surface area contributed by atoms with Crippen molar-refractivity contribution in [2.75, 3.05) is 31.6 Å². The van der Waals surface area contributed by atoms with E-state index in [2.05, 4.69) is 20.3 Å². The number of anilines is 1. The Morgan fingerprint density at radius 3 is 2.63 bits per heavy atom. The van der Waals surface area contributed by atoms with Crippen LogP contribution in [0.3, 0.4) is 0 Å². The van der Waals surface area contributed by atoms with E-state index in [0.29, 0.717) is 11.5 Å². The summed E-state index contributed by atoms with van der Waals surface area (Å²) in [6.07, 6.45) is 5.59. The van der Waals surface area contributed by atoms with Crippen LogP contribution >= 0.6 is 0 Å². The summed E-state index contributed by atoms with van der Waals surface area (Å²) in [7, 11) is 0. The van der Waals surface area contributed by atoms with Gasteiger partial charge in [0, 0.05) is 32.2 Å². The highest BCUT2D eigenvalue weighted by atomic mass is 16.2. The number of piperazine rings is 1. The zero-order valence-corrected chi connectivity index (χ0v) is 10.7. The molecule has 1 aliphatic carbocycles. The fraction of sp³-hybridized carbons (Fsp3) is 0.583. The van der Waals surface area contributed by atoms with Crippen molar-refractivity contribution in [1.29, 1.82) is 0 Å². The Morgan fingerprint density at radius 1 is 1.26 bits per heavy atom. The maximum absolute atomic E-state index is 12.3. The van der Waals surface area contributed by atoms with Gasteiger partial charge in [0.25, 0.3) is 5.91 Å². The van der Waals surface area contributed by atoms with Crippen molar-refractivity contribution in [3.05, 3.63) is 18.1 Å². The Kier molecular flexibility index (Phi) is 3.31. The Bertz CT molecular complexity index is 467. The molecule has 2 fully saturated rings. The van der Waals surface area contributed by atoms with Crippen LogP contribution in [-0.2, 0) is 0 Å². The summed E-state index contributed by atoms with van der Waals surface area (Å²) in [6, 6.07) is 0.766. The fourth-order valence-corrected chi connectivity index (χ4v) is 2.43.